The van der Waals surface area contributed by atoms with Gasteiger partial charge in [0.15, 0.2) is 6.23 Å². The molecule has 0 radical (unpaired) electrons. The van der Waals surface area contributed by atoms with Gasteiger partial charge in [-0.2, -0.15) is 0 Å². The lowest BCUT2D eigenvalue weighted by Gasteiger charge is -2.21. The second kappa shape index (κ2) is 7.55. The van der Waals surface area contributed by atoms with Crippen molar-refractivity contribution in [1.29, 1.82) is 0 Å². The summed E-state index contributed by atoms with van der Waals surface area (Å²) in [5, 5.41) is 20.4. The molecular formula is C16H16FN2O8P. The normalized spacial score (nSPS) is 25.5. The highest BCUT2D eigenvalue weighted by Gasteiger charge is 2.44. The van der Waals surface area contributed by atoms with Crippen LogP contribution in [0.4, 0.5) is 4.39 Å². The molecular weight excluding hydrogens is 398 g/mol. The molecule has 1 aliphatic heterocycles. The number of halogens is 1. The Morgan fingerprint density at radius 3 is 2.39 bits per heavy atom. The minimum atomic E-state index is -4.54. The summed E-state index contributed by atoms with van der Waals surface area (Å²) in [5.74, 6) is -0.0373. The summed E-state index contributed by atoms with van der Waals surface area (Å²) < 4.78 is 30.5. The van der Waals surface area contributed by atoms with Crippen LogP contribution in [0.5, 0.6) is 0 Å². The van der Waals surface area contributed by atoms with Crippen molar-refractivity contribution in [2.45, 2.75) is 24.5 Å². The van der Waals surface area contributed by atoms with E-state index in [0.29, 0.717) is 5.82 Å². The van der Waals surface area contributed by atoms with Crippen molar-refractivity contribution in [3.05, 3.63) is 68.9 Å². The molecule has 5 N–H and O–H groups in total. The summed E-state index contributed by atoms with van der Waals surface area (Å²) in [6.07, 6.45) is -5.19. The molecule has 0 saturated carbocycles. The van der Waals surface area contributed by atoms with Gasteiger partial charge in [0.1, 0.15) is 24.1 Å². The van der Waals surface area contributed by atoms with Crippen LogP contribution in [-0.2, 0) is 9.30 Å². The number of benzene rings is 1. The summed E-state index contributed by atoms with van der Waals surface area (Å²) in [5.41, 5.74) is -1.44. The highest BCUT2D eigenvalue weighted by atomic mass is 31.2. The maximum absolute atomic E-state index is 13.2. The van der Waals surface area contributed by atoms with Gasteiger partial charge >= 0.3 is 13.3 Å². The highest BCUT2D eigenvalue weighted by molar-refractivity contribution is 7.55. The standard InChI is InChI=1S/C16H16FN2O8P/c17-9-3-1-8(2-4-9)10-7-12(20)18-16(23)19(10)15-14(22)13(21)11(27-15)5-6-28(24,25)26/h1-7,11,13-15,21-22H,(H,18,20,23)(H2,24,25,26)/b6-5+/t11-,13-,14-,15-/m1/s1. The Labute approximate surface area is 156 Å². The Hall–Kier alpha value is -2.40. The smallest absolute Gasteiger partial charge is 0.348 e. The molecule has 1 saturated heterocycles. The van der Waals surface area contributed by atoms with E-state index in [1.54, 1.807) is 0 Å². The third-order valence-corrected chi connectivity index (χ3v) is 4.68. The first-order chi connectivity index (χ1) is 13.1. The number of ether oxygens (including phenoxy) is 1. The molecule has 2 aromatic rings. The molecule has 0 bridgehead atoms. The summed E-state index contributed by atoms with van der Waals surface area (Å²) in [7, 11) is -4.54. The molecule has 0 amide bonds. The van der Waals surface area contributed by atoms with Crippen LogP contribution in [0.1, 0.15) is 6.23 Å². The molecule has 150 valence electrons. The molecule has 4 atom stereocenters. The van der Waals surface area contributed by atoms with E-state index < -0.39 is 49.2 Å². The Kier molecular flexibility index (Phi) is 5.48. The van der Waals surface area contributed by atoms with Gasteiger partial charge in [-0.25, -0.2) is 9.18 Å². The molecule has 12 heteroatoms. The molecule has 1 aliphatic rings. The first-order valence-corrected chi connectivity index (χ1v) is 9.63. The van der Waals surface area contributed by atoms with Gasteiger partial charge in [0.05, 0.1) is 5.69 Å². The predicted molar refractivity (Wildman–Crippen MR) is 93.8 cm³/mol. The fourth-order valence-electron chi connectivity index (χ4n) is 2.86. The lowest BCUT2D eigenvalue weighted by atomic mass is 10.1. The minimum Gasteiger partial charge on any atom is -0.387 e. The van der Waals surface area contributed by atoms with Crippen LogP contribution < -0.4 is 11.2 Å². The predicted octanol–water partition coefficient (Wildman–Crippen LogP) is -0.347. The van der Waals surface area contributed by atoms with Gasteiger partial charge in [-0.3, -0.25) is 18.9 Å². The van der Waals surface area contributed by atoms with Gasteiger partial charge in [0.25, 0.3) is 5.56 Å². The number of aliphatic hydroxyl groups is 2. The zero-order valence-corrected chi connectivity index (χ0v) is 14.9. The number of hydrogen-bond donors (Lipinski definition) is 5. The lowest BCUT2D eigenvalue weighted by Crippen LogP contribution is -2.38. The SMILES string of the molecule is O=c1cc(-c2ccc(F)cc2)n([C@@H]2O[C@H](/C=C/P(=O)(O)O)[C@@H](O)[C@H]2O)c(=O)[nH]1. The quantitative estimate of drug-likeness (QED) is 0.424. The zero-order chi connectivity index (χ0) is 20.6. The van der Waals surface area contributed by atoms with Gasteiger partial charge in [-0.15, -0.1) is 0 Å². The number of rotatable bonds is 4. The number of nitrogens with zero attached hydrogens (tertiary/aromatic N) is 1. The second-order valence-corrected chi connectivity index (χ2v) is 7.58. The van der Waals surface area contributed by atoms with E-state index in [2.05, 4.69) is 0 Å². The van der Waals surface area contributed by atoms with Crippen LogP contribution in [0, 0.1) is 5.82 Å². The second-order valence-electron chi connectivity index (χ2n) is 6.10. The van der Waals surface area contributed by atoms with Gasteiger partial charge in [0.2, 0.25) is 0 Å². The summed E-state index contributed by atoms with van der Waals surface area (Å²) >= 11 is 0. The molecule has 10 nitrogen and oxygen atoms in total. The van der Waals surface area contributed by atoms with Crippen LogP contribution in [0.3, 0.4) is 0 Å². The number of H-pyrrole nitrogens is 1. The van der Waals surface area contributed by atoms with E-state index >= 15 is 0 Å². The Balaban J connectivity index is 2.07. The average Bonchev–Trinajstić information content (AvgIpc) is 2.87. The first-order valence-electron chi connectivity index (χ1n) is 7.95. The van der Waals surface area contributed by atoms with Crippen LogP contribution in [0.25, 0.3) is 11.3 Å². The molecule has 28 heavy (non-hydrogen) atoms. The summed E-state index contributed by atoms with van der Waals surface area (Å²) in [6.45, 7) is 0. The number of aliphatic hydroxyl groups excluding tert-OH is 2. The number of aromatic nitrogens is 2. The number of hydrogen-bond acceptors (Lipinski definition) is 6. The fraction of sp³-hybridized carbons (Fsp3) is 0.250. The van der Waals surface area contributed by atoms with E-state index in [0.717, 1.165) is 28.8 Å². The van der Waals surface area contributed by atoms with Gasteiger partial charge < -0.3 is 24.7 Å². The highest BCUT2D eigenvalue weighted by Crippen LogP contribution is 2.38. The number of aromatic amines is 1. The van der Waals surface area contributed by atoms with E-state index in [-0.39, 0.29) is 11.3 Å². The molecule has 2 heterocycles. The summed E-state index contributed by atoms with van der Waals surface area (Å²) in [6, 6.07) is 5.87. The van der Waals surface area contributed by atoms with Crippen molar-refractivity contribution < 1.29 is 33.7 Å². The van der Waals surface area contributed by atoms with E-state index in [9.17, 15) is 28.8 Å². The molecule has 0 aliphatic carbocycles. The van der Waals surface area contributed by atoms with Crippen LogP contribution >= 0.6 is 7.60 Å². The fourth-order valence-corrected chi connectivity index (χ4v) is 3.25. The van der Waals surface area contributed by atoms with Crippen LogP contribution in [0.15, 0.2) is 51.8 Å². The van der Waals surface area contributed by atoms with Crippen molar-refractivity contribution in [2.75, 3.05) is 0 Å². The van der Waals surface area contributed by atoms with E-state index in [1.165, 1.54) is 12.1 Å². The van der Waals surface area contributed by atoms with Crippen molar-refractivity contribution in [3.8, 4) is 11.3 Å². The van der Waals surface area contributed by atoms with Crippen molar-refractivity contribution in [2.24, 2.45) is 0 Å². The topological polar surface area (TPSA) is 162 Å². The maximum atomic E-state index is 13.2. The lowest BCUT2D eigenvalue weighted by molar-refractivity contribution is -0.0285. The van der Waals surface area contributed by atoms with Crippen molar-refractivity contribution in [3.63, 3.8) is 0 Å². The van der Waals surface area contributed by atoms with Crippen LogP contribution in [-0.4, -0.2) is 47.9 Å². The molecule has 0 unspecified atom stereocenters. The van der Waals surface area contributed by atoms with Gasteiger partial charge in [-0.05, 0) is 35.9 Å². The zero-order valence-electron chi connectivity index (χ0n) is 14.0. The van der Waals surface area contributed by atoms with E-state index in [4.69, 9.17) is 14.5 Å². The van der Waals surface area contributed by atoms with Gasteiger partial charge in [0, 0.05) is 11.9 Å². The third-order valence-electron chi connectivity index (χ3n) is 4.12. The van der Waals surface area contributed by atoms with Crippen LogP contribution in [0.2, 0.25) is 0 Å². The first kappa shape index (κ1) is 20.3. The molecule has 1 aromatic heterocycles. The monoisotopic (exact) mass is 414 g/mol. The maximum Gasteiger partial charge on any atom is 0.348 e. The third kappa shape index (κ3) is 4.20. The molecule has 1 fully saturated rings. The minimum absolute atomic E-state index is 0.00961. The largest absolute Gasteiger partial charge is 0.387 e. The summed E-state index contributed by atoms with van der Waals surface area (Å²) in [4.78, 5) is 43.9. The Bertz CT molecular complexity index is 1060. The molecule has 3 rings (SSSR count). The van der Waals surface area contributed by atoms with Crippen molar-refractivity contribution >= 4 is 7.60 Å². The Morgan fingerprint density at radius 1 is 1.14 bits per heavy atom. The van der Waals surface area contributed by atoms with Crippen molar-refractivity contribution in [1.82, 2.24) is 9.55 Å². The molecule has 1 aromatic carbocycles. The number of nitrogens with one attached hydrogen (secondary N) is 1. The Morgan fingerprint density at radius 2 is 1.79 bits per heavy atom. The average molecular weight is 414 g/mol. The molecule has 0 spiro atoms. The van der Waals surface area contributed by atoms with Gasteiger partial charge in [-0.1, -0.05) is 0 Å². The van der Waals surface area contributed by atoms with E-state index in [1.807, 2.05) is 4.98 Å².